The molecule has 0 aliphatic carbocycles. The van der Waals surface area contributed by atoms with Crippen molar-refractivity contribution in [3.63, 3.8) is 0 Å². The molecule has 0 saturated carbocycles. The number of hydrogen-bond donors (Lipinski definition) is 1. The van der Waals surface area contributed by atoms with Crippen molar-refractivity contribution < 1.29 is 5.11 Å². The van der Waals surface area contributed by atoms with Crippen LogP contribution in [0.15, 0.2) is 23.4 Å². The van der Waals surface area contributed by atoms with E-state index < -0.39 is 8.07 Å². The predicted octanol–water partition coefficient (Wildman–Crippen LogP) is 3.14. The first-order valence-electron chi connectivity index (χ1n) is 4.78. The van der Waals surface area contributed by atoms with Gasteiger partial charge in [0.1, 0.15) is 0 Å². The van der Waals surface area contributed by atoms with Gasteiger partial charge >= 0.3 is 0 Å². The summed E-state index contributed by atoms with van der Waals surface area (Å²) in [5.74, 6) is 0. The molecule has 0 saturated heterocycles. The second-order valence-electron chi connectivity index (χ2n) is 4.63. The Labute approximate surface area is 83.2 Å². The molecule has 0 spiro atoms. The Bertz CT molecular complexity index is 211. The van der Waals surface area contributed by atoms with E-state index in [9.17, 15) is 5.11 Å². The molecule has 76 valence electrons. The summed E-state index contributed by atoms with van der Waals surface area (Å²) in [6.45, 7) is 14.6. The van der Waals surface area contributed by atoms with E-state index in [4.69, 9.17) is 0 Å². The van der Waals surface area contributed by atoms with Crippen molar-refractivity contribution in [3.05, 3.63) is 23.4 Å². The molecule has 0 aliphatic heterocycles. The Hall–Kier alpha value is -0.343. The van der Waals surface area contributed by atoms with Crippen molar-refractivity contribution in [1.82, 2.24) is 0 Å². The van der Waals surface area contributed by atoms with Gasteiger partial charge in [0.05, 0.1) is 14.2 Å². The fourth-order valence-corrected chi connectivity index (χ4v) is 2.91. The molecule has 0 aromatic rings. The largest absolute Gasteiger partial charge is 0.388 e. The summed E-state index contributed by atoms with van der Waals surface area (Å²) < 4.78 is 0. The van der Waals surface area contributed by atoms with Gasteiger partial charge < -0.3 is 5.11 Å². The lowest BCUT2D eigenvalue weighted by Crippen LogP contribution is -2.27. The highest BCUT2D eigenvalue weighted by Crippen LogP contribution is 2.21. The van der Waals surface area contributed by atoms with Gasteiger partial charge in [-0.25, -0.2) is 0 Å². The number of aliphatic hydroxyl groups is 1. The lowest BCUT2D eigenvalue weighted by molar-refractivity contribution is 0.213. The predicted molar refractivity (Wildman–Crippen MR) is 62.5 cm³/mol. The minimum atomic E-state index is -1.24. The SMILES string of the molecule is C=C(C)C(O)C/C(=C/C)[Si](C)(C)C. The van der Waals surface area contributed by atoms with Crippen LogP contribution in [0.4, 0.5) is 0 Å². The molecule has 0 aromatic carbocycles. The van der Waals surface area contributed by atoms with Crippen molar-refractivity contribution in [2.24, 2.45) is 0 Å². The molecule has 0 bridgehead atoms. The van der Waals surface area contributed by atoms with E-state index in [0.717, 1.165) is 12.0 Å². The first-order chi connectivity index (χ1) is 5.79. The molecule has 0 aliphatic rings. The van der Waals surface area contributed by atoms with Gasteiger partial charge in [-0.3, -0.25) is 0 Å². The first-order valence-corrected chi connectivity index (χ1v) is 8.28. The summed E-state index contributed by atoms with van der Waals surface area (Å²) in [4.78, 5) is 0. The van der Waals surface area contributed by atoms with Gasteiger partial charge in [-0.2, -0.15) is 0 Å². The van der Waals surface area contributed by atoms with Crippen LogP contribution < -0.4 is 0 Å². The number of hydrogen-bond acceptors (Lipinski definition) is 1. The summed E-state index contributed by atoms with van der Waals surface area (Å²) in [7, 11) is -1.24. The zero-order chi connectivity index (χ0) is 10.6. The molecule has 0 heterocycles. The van der Waals surface area contributed by atoms with E-state index >= 15 is 0 Å². The normalized spacial score (nSPS) is 15.7. The van der Waals surface area contributed by atoms with E-state index in [2.05, 4.69) is 39.2 Å². The maximum Gasteiger partial charge on any atom is 0.0778 e. The van der Waals surface area contributed by atoms with Crippen molar-refractivity contribution in [2.45, 2.75) is 46.0 Å². The summed E-state index contributed by atoms with van der Waals surface area (Å²) in [5, 5.41) is 11.1. The van der Waals surface area contributed by atoms with Crippen LogP contribution in [0.2, 0.25) is 19.6 Å². The van der Waals surface area contributed by atoms with E-state index in [1.54, 1.807) is 0 Å². The highest BCUT2D eigenvalue weighted by molar-refractivity contribution is 6.83. The molecule has 0 fully saturated rings. The number of allylic oxidation sites excluding steroid dienone is 1. The summed E-state index contributed by atoms with van der Waals surface area (Å²) >= 11 is 0. The monoisotopic (exact) mass is 198 g/mol. The van der Waals surface area contributed by atoms with Gasteiger partial charge in [0.25, 0.3) is 0 Å². The van der Waals surface area contributed by atoms with Gasteiger partial charge in [0, 0.05) is 0 Å². The second-order valence-corrected chi connectivity index (χ2v) is 9.77. The molecule has 1 nitrogen and oxygen atoms in total. The molecular formula is C11H22OSi. The van der Waals surface area contributed by atoms with E-state index in [0.29, 0.717) is 0 Å². The minimum Gasteiger partial charge on any atom is -0.388 e. The summed E-state index contributed by atoms with van der Waals surface area (Å²) in [5.41, 5.74) is 0.859. The van der Waals surface area contributed by atoms with Crippen LogP contribution in [-0.4, -0.2) is 19.3 Å². The fraction of sp³-hybridized carbons (Fsp3) is 0.636. The smallest absolute Gasteiger partial charge is 0.0778 e. The van der Waals surface area contributed by atoms with Crippen molar-refractivity contribution in [3.8, 4) is 0 Å². The Kier molecular flexibility index (Phi) is 4.65. The Morgan fingerprint density at radius 3 is 2.15 bits per heavy atom. The number of rotatable bonds is 4. The van der Waals surface area contributed by atoms with Crippen molar-refractivity contribution >= 4 is 8.07 Å². The average Bonchev–Trinajstić information content (AvgIpc) is 1.96. The standard InChI is InChI=1S/C11H22OSi/c1-7-10(13(4,5)6)8-11(12)9(2)3/h7,11-12H,2,8H2,1,3-6H3/b10-7-. The minimum absolute atomic E-state index is 0.363. The van der Waals surface area contributed by atoms with Crippen LogP contribution >= 0.6 is 0 Å². The Balaban J connectivity index is 4.42. The highest BCUT2D eigenvalue weighted by Gasteiger charge is 2.21. The van der Waals surface area contributed by atoms with Gasteiger partial charge in [0.15, 0.2) is 0 Å². The summed E-state index contributed by atoms with van der Waals surface area (Å²) in [6, 6.07) is 0. The Morgan fingerprint density at radius 1 is 1.46 bits per heavy atom. The van der Waals surface area contributed by atoms with E-state index in [1.165, 1.54) is 5.20 Å². The van der Waals surface area contributed by atoms with Crippen LogP contribution in [0, 0.1) is 0 Å². The van der Waals surface area contributed by atoms with Crippen LogP contribution in [0.5, 0.6) is 0 Å². The fourth-order valence-electron chi connectivity index (χ4n) is 1.24. The van der Waals surface area contributed by atoms with Crippen LogP contribution in [0.1, 0.15) is 20.3 Å². The lowest BCUT2D eigenvalue weighted by atomic mass is 10.1. The van der Waals surface area contributed by atoms with Crippen LogP contribution in [0.3, 0.4) is 0 Å². The topological polar surface area (TPSA) is 20.2 Å². The highest BCUT2D eigenvalue weighted by atomic mass is 28.3. The van der Waals surface area contributed by atoms with E-state index in [-0.39, 0.29) is 6.10 Å². The van der Waals surface area contributed by atoms with Gasteiger partial charge in [-0.05, 0) is 20.3 Å². The average molecular weight is 198 g/mol. The molecule has 13 heavy (non-hydrogen) atoms. The Morgan fingerprint density at radius 2 is 1.92 bits per heavy atom. The molecule has 1 atom stereocenters. The number of aliphatic hydroxyl groups excluding tert-OH is 1. The third kappa shape index (κ3) is 4.43. The molecule has 1 unspecified atom stereocenters. The van der Waals surface area contributed by atoms with Gasteiger partial charge in [0.2, 0.25) is 0 Å². The maximum absolute atomic E-state index is 9.67. The molecular weight excluding hydrogens is 176 g/mol. The van der Waals surface area contributed by atoms with Crippen molar-refractivity contribution in [2.75, 3.05) is 0 Å². The lowest BCUT2D eigenvalue weighted by Gasteiger charge is -2.23. The molecule has 0 rings (SSSR count). The quantitative estimate of drug-likeness (QED) is 0.543. The molecule has 0 radical (unpaired) electrons. The molecule has 2 heteroatoms. The molecule has 0 amide bonds. The zero-order valence-corrected chi connectivity index (χ0v) is 10.5. The van der Waals surface area contributed by atoms with Crippen LogP contribution in [-0.2, 0) is 0 Å². The van der Waals surface area contributed by atoms with E-state index in [1.807, 2.05) is 6.92 Å². The third-order valence-corrected chi connectivity index (χ3v) is 4.71. The zero-order valence-electron chi connectivity index (χ0n) is 9.52. The molecule has 0 aromatic heterocycles. The maximum atomic E-state index is 9.67. The second kappa shape index (κ2) is 4.77. The third-order valence-electron chi connectivity index (χ3n) is 2.29. The van der Waals surface area contributed by atoms with Gasteiger partial charge in [-0.15, -0.1) is 0 Å². The van der Waals surface area contributed by atoms with Gasteiger partial charge in [-0.1, -0.05) is 43.1 Å². The first kappa shape index (κ1) is 12.7. The van der Waals surface area contributed by atoms with Crippen molar-refractivity contribution in [1.29, 1.82) is 0 Å². The summed E-state index contributed by atoms with van der Waals surface area (Å²) in [6.07, 6.45) is 2.55. The molecule has 1 N–H and O–H groups in total. The van der Waals surface area contributed by atoms with Crippen LogP contribution in [0.25, 0.3) is 0 Å².